The average molecular weight is 437 g/mol. The summed E-state index contributed by atoms with van der Waals surface area (Å²) in [5.41, 5.74) is 1.14. The van der Waals surface area contributed by atoms with Crippen LogP contribution in [0, 0.1) is 0 Å². The summed E-state index contributed by atoms with van der Waals surface area (Å²) < 4.78 is 27.2. The third-order valence-electron chi connectivity index (χ3n) is 5.42. The average Bonchev–Trinajstić information content (AvgIpc) is 3.39. The smallest absolute Gasteiger partial charge is 0.259 e. The van der Waals surface area contributed by atoms with Crippen molar-refractivity contribution in [3.63, 3.8) is 0 Å². The van der Waals surface area contributed by atoms with Gasteiger partial charge in [0.2, 0.25) is 0 Å². The van der Waals surface area contributed by atoms with Crippen LogP contribution in [0.1, 0.15) is 22.7 Å². The molecule has 10 heteroatoms. The number of hydrogen-bond donors (Lipinski definition) is 1. The maximum absolute atomic E-state index is 12.6. The molecule has 0 saturated carbocycles. The van der Waals surface area contributed by atoms with E-state index >= 15 is 0 Å². The molecule has 148 valence electrons. The number of aryl methyl sites for hydroxylation is 2. The normalized spacial score (nSPS) is 18.7. The molecule has 1 fully saturated rings. The Labute approximate surface area is 170 Å². The second-order valence-electron chi connectivity index (χ2n) is 7.16. The number of thiophene rings is 2. The first-order valence-electron chi connectivity index (χ1n) is 9.32. The van der Waals surface area contributed by atoms with Crippen molar-refractivity contribution in [3.05, 3.63) is 44.1 Å². The highest BCUT2D eigenvalue weighted by Gasteiger charge is 2.29. The number of nitrogens with one attached hydrogen (secondary N) is 1. The summed E-state index contributed by atoms with van der Waals surface area (Å²) in [7, 11) is -3.40. The number of aromatic nitrogens is 2. The zero-order valence-corrected chi connectivity index (χ0v) is 17.6. The highest BCUT2D eigenvalue weighted by atomic mass is 32.2. The van der Waals surface area contributed by atoms with Gasteiger partial charge >= 0.3 is 0 Å². The van der Waals surface area contributed by atoms with Gasteiger partial charge in [0, 0.05) is 31.1 Å². The van der Waals surface area contributed by atoms with E-state index in [9.17, 15) is 13.2 Å². The van der Waals surface area contributed by atoms with Gasteiger partial charge < -0.3 is 4.98 Å². The number of nitrogens with zero attached hydrogens (tertiary/aromatic N) is 3. The summed E-state index contributed by atoms with van der Waals surface area (Å²) in [6.07, 6.45) is 3.14. The van der Waals surface area contributed by atoms with Crippen molar-refractivity contribution in [2.24, 2.45) is 0 Å². The van der Waals surface area contributed by atoms with E-state index in [4.69, 9.17) is 4.98 Å². The van der Waals surface area contributed by atoms with Gasteiger partial charge in [-0.05, 0) is 36.3 Å². The molecule has 3 aromatic rings. The van der Waals surface area contributed by atoms with Crippen LogP contribution in [0.4, 0.5) is 0 Å². The predicted molar refractivity (Wildman–Crippen MR) is 111 cm³/mol. The molecule has 1 N–H and O–H groups in total. The summed E-state index contributed by atoms with van der Waals surface area (Å²) in [5.74, 6) is 0.659. The van der Waals surface area contributed by atoms with Crippen molar-refractivity contribution < 1.29 is 8.42 Å². The Hall–Kier alpha value is -1.59. The molecule has 3 aromatic heterocycles. The maximum atomic E-state index is 12.6. The van der Waals surface area contributed by atoms with Gasteiger partial charge in [-0.25, -0.2) is 13.4 Å². The minimum absolute atomic E-state index is 0.0432. The molecule has 0 spiro atoms. The first-order valence-corrected chi connectivity index (χ1v) is 12.5. The number of aromatic amines is 1. The number of fused-ring (bicyclic) bond motifs is 3. The van der Waals surface area contributed by atoms with Gasteiger partial charge in [-0.3, -0.25) is 9.69 Å². The molecule has 1 aliphatic carbocycles. The highest BCUT2D eigenvalue weighted by molar-refractivity contribution is 7.91. The van der Waals surface area contributed by atoms with Crippen LogP contribution in [0.15, 0.2) is 26.5 Å². The van der Waals surface area contributed by atoms with Crippen LogP contribution in [-0.2, 0) is 29.4 Å². The van der Waals surface area contributed by atoms with E-state index in [-0.39, 0.29) is 5.56 Å². The minimum atomic E-state index is -3.40. The van der Waals surface area contributed by atoms with Crippen LogP contribution >= 0.6 is 22.7 Å². The summed E-state index contributed by atoms with van der Waals surface area (Å²) in [6, 6.07) is 3.40. The molecule has 0 atom stereocenters. The predicted octanol–water partition coefficient (Wildman–Crippen LogP) is 2.04. The summed E-state index contributed by atoms with van der Waals surface area (Å²) in [4.78, 5) is 24.5. The standard InChI is InChI=1S/C18H20N4O3S3/c23-17-16-12-3-1-4-13(12)27-18(16)20-14(19-17)11-21-6-8-22(9-7-21)28(24,25)15-5-2-10-26-15/h2,5,10H,1,3-4,6-9,11H2,(H,19,20,23). The van der Waals surface area contributed by atoms with E-state index < -0.39 is 10.0 Å². The van der Waals surface area contributed by atoms with E-state index in [2.05, 4.69) is 9.88 Å². The second-order valence-corrected chi connectivity index (χ2v) is 11.4. The number of sulfonamides is 1. The zero-order chi connectivity index (χ0) is 19.3. The molecule has 1 aliphatic heterocycles. The molecule has 1 saturated heterocycles. The Morgan fingerprint density at radius 2 is 2.00 bits per heavy atom. The Morgan fingerprint density at radius 3 is 2.75 bits per heavy atom. The molecule has 28 heavy (non-hydrogen) atoms. The molecular weight excluding hydrogens is 416 g/mol. The fraction of sp³-hybridized carbons (Fsp3) is 0.444. The van der Waals surface area contributed by atoms with Crippen LogP contribution in [-0.4, -0.2) is 53.8 Å². The lowest BCUT2D eigenvalue weighted by molar-refractivity contribution is 0.178. The number of hydrogen-bond acceptors (Lipinski definition) is 7. The van der Waals surface area contributed by atoms with Crippen LogP contribution in [0.5, 0.6) is 0 Å². The lowest BCUT2D eigenvalue weighted by Crippen LogP contribution is -2.48. The van der Waals surface area contributed by atoms with Crippen molar-refractivity contribution in [1.29, 1.82) is 0 Å². The van der Waals surface area contributed by atoms with Crippen LogP contribution < -0.4 is 5.56 Å². The quantitative estimate of drug-likeness (QED) is 0.676. The topological polar surface area (TPSA) is 86.4 Å². The number of piperazine rings is 1. The van der Waals surface area contributed by atoms with E-state index in [1.807, 2.05) is 0 Å². The summed E-state index contributed by atoms with van der Waals surface area (Å²) >= 11 is 2.89. The molecular formula is C18H20N4O3S3. The summed E-state index contributed by atoms with van der Waals surface area (Å²) in [5, 5.41) is 2.55. The molecule has 4 heterocycles. The maximum Gasteiger partial charge on any atom is 0.259 e. The van der Waals surface area contributed by atoms with Crippen molar-refractivity contribution in [2.45, 2.75) is 30.0 Å². The number of rotatable bonds is 4. The Kier molecular flexibility index (Phi) is 4.63. The Bertz CT molecular complexity index is 1170. The van der Waals surface area contributed by atoms with Gasteiger partial charge in [-0.15, -0.1) is 22.7 Å². The van der Waals surface area contributed by atoms with Gasteiger partial charge in [-0.2, -0.15) is 4.31 Å². The Morgan fingerprint density at radius 1 is 1.18 bits per heavy atom. The van der Waals surface area contributed by atoms with Crippen molar-refractivity contribution >= 4 is 42.9 Å². The third-order valence-corrected chi connectivity index (χ3v) is 9.88. The lowest BCUT2D eigenvalue weighted by atomic mass is 10.2. The third kappa shape index (κ3) is 3.13. The molecule has 2 aliphatic rings. The zero-order valence-electron chi connectivity index (χ0n) is 15.2. The molecule has 7 nitrogen and oxygen atoms in total. The highest BCUT2D eigenvalue weighted by Crippen LogP contribution is 2.34. The lowest BCUT2D eigenvalue weighted by Gasteiger charge is -2.33. The van der Waals surface area contributed by atoms with Gasteiger partial charge in [0.1, 0.15) is 14.9 Å². The second kappa shape index (κ2) is 7.03. The van der Waals surface area contributed by atoms with Crippen LogP contribution in [0.2, 0.25) is 0 Å². The fourth-order valence-electron chi connectivity index (χ4n) is 4.00. The molecule has 0 amide bonds. The van der Waals surface area contributed by atoms with E-state index in [0.29, 0.717) is 42.8 Å². The SMILES string of the molecule is O=c1[nH]c(CN2CCN(S(=O)(=O)c3cccs3)CC2)nc2sc3c(c12)CCC3. The van der Waals surface area contributed by atoms with E-state index in [1.54, 1.807) is 33.2 Å². The monoisotopic (exact) mass is 436 g/mol. The first kappa shape index (κ1) is 18.4. The molecule has 0 aromatic carbocycles. The van der Waals surface area contributed by atoms with E-state index in [0.717, 1.165) is 29.5 Å². The first-order chi connectivity index (χ1) is 13.5. The fourth-order valence-corrected chi connectivity index (χ4v) is 7.85. The Balaban J connectivity index is 1.30. The van der Waals surface area contributed by atoms with Crippen molar-refractivity contribution in [3.8, 4) is 0 Å². The summed E-state index contributed by atoms with van der Waals surface area (Å²) in [6.45, 7) is 2.65. The van der Waals surface area contributed by atoms with Crippen LogP contribution in [0.3, 0.4) is 0 Å². The van der Waals surface area contributed by atoms with Gasteiger partial charge in [0.05, 0.1) is 11.9 Å². The minimum Gasteiger partial charge on any atom is -0.309 e. The van der Waals surface area contributed by atoms with Crippen LogP contribution in [0.25, 0.3) is 10.2 Å². The molecule has 5 rings (SSSR count). The molecule has 0 bridgehead atoms. The van der Waals surface area contributed by atoms with Gasteiger partial charge in [0.25, 0.3) is 15.6 Å². The molecule has 0 radical (unpaired) electrons. The van der Waals surface area contributed by atoms with E-state index in [1.165, 1.54) is 21.8 Å². The molecule has 0 unspecified atom stereocenters. The van der Waals surface area contributed by atoms with Gasteiger partial charge in [0.15, 0.2) is 0 Å². The van der Waals surface area contributed by atoms with Crippen molar-refractivity contribution in [1.82, 2.24) is 19.2 Å². The largest absolute Gasteiger partial charge is 0.309 e. The van der Waals surface area contributed by atoms with Crippen molar-refractivity contribution in [2.75, 3.05) is 26.2 Å². The van der Waals surface area contributed by atoms with Gasteiger partial charge in [-0.1, -0.05) is 6.07 Å². The number of H-pyrrole nitrogens is 1.